The van der Waals surface area contributed by atoms with Gasteiger partial charge in [-0.3, -0.25) is 0 Å². The number of halogens is 1. The molecule has 0 saturated heterocycles. The molecule has 0 bridgehead atoms. The number of rotatable bonds is 3. The van der Waals surface area contributed by atoms with E-state index in [1.54, 1.807) is 18.2 Å². The van der Waals surface area contributed by atoms with Crippen LogP contribution >= 0.6 is 12.1 Å². The van der Waals surface area contributed by atoms with E-state index in [-0.39, 0.29) is 0 Å². The maximum atomic E-state index is 11.4. The van der Waals surface area contributed by atoms with Gasteiger partial charge in [-0.05, 0) is 18.6 Å². The molecule has 0 aliphatic rings. The summed E-state index contributed by atoms with van der Waals surface area (Å²) in [5, 5.41) is 0. The van der Waals surface area contributed by atoms with Crippen molar-refractivity contribution >= 4 is 12.1 Å². The fourth-order valence-electron chi connectivity index (χ4n) is 0.450. The van der Waals surface area contributed by atoms with E-state index in [4.69, 9.17) is 6.42 Å². The molecule has 0 aromatic rings. The third kappa shape index (κ3) is 5.46. The zero-order valence-electron chi connectivity index (χ0n) is 5.80. The summed E-state index contributed by atoms with van der Waals surface area (Å²) in [4.78, 5) is 0. The lowest BCUT2D eigenvalue weighted by Crippen LogP contribution is -1.68. The van der Waals surface area contributed by atoms with Gasteiger partial charge in [0.25, 0.3) is 0 Å². The lowest BCUT2D eigenvalue weighted by atomic mass is 10.3. The SMILES string of the molecule is C#C/C=C(C)\C=C/CSF. The topological polar surface area (TPSA) is 0 Å². The monoisotopic (exact) mass is 156 g/mol. The van der Waals surface area contributed by atoms with Gasteiger partial charge in [0.15, 0.2) is 0 Å². The van der Waals surface area contributed by atoms with E-state index in [2.05, 4.69) is 5.92 Å². The second-order valence-corrected chi connectivity index (χ2v) is 2.28. The van der Waals surface area contributed by atoms with E-state index in [1.165, 1.54) is 0 Å². The van der Waals surface area contributed by atoms with Crippen LogP contribution in [0.2, 0.25) is 0 Å². The highest BCUT2D eigenvalue weighted by molar-refractivity contribution is 7.94. The lowest BCUT2D eigenvalue weighted by Gasteiger charge is -1.84. The third-order valence-electron chi connectivity index (χ3n) is 0.851. The Morgan fingerprint density at radius 2 is 2.50 bits per heavy atom. The van der Waals surface area contributed by atoms with Gasteiger partial charge in [-0.2, -0.15) is 3.89 Å². The standard InChI is InChI=1S/C8H9FS/c1-3-5-8(2)6-4-7-10-9/h1,4-6H,7H2,2H3/b6-4-,8-5-. The smallest absolute Gasteiger partial charge is 0.0484 e. The maximum Gasteiger partial charge on any atom is 0.0484 e. The molecule has 0 atom stereocenters. The predicted octanol–water partition coefficient (Wildman–Crippen LogP) is 2.74. The van der Waals surface area contributed by atoms with E-state index in [0.717, 1.165) is 5.57 Å². The van der Waals surface area contributed by atoms with E-state index in [0.29, 0.717) is 17.9 Å². The van der Waals surface area contributed by atoms with Crippen LogP contribution in [0.5, 0.6) is 0 Å². The van der Waals surface area contributed by atoms with Crippen LogP contribution in [0.3, 0.4) is 0 Å². The minimum Gasteiger partial charge on any atom is -0.165 e. The van der Waals surface area contributed by atoms with Crippen molar-refractivity contribution < 1.29 is 3.89 Å². The molecule has 0 radical (unpaired) electrons. The molecule has 0 amide bonds. The molecule has 0 spiro atoms. The summed E-state index contributed by atoms with van der Waals surface area (Å²) in [7, 11) is 0. The Labute approximate surface area is 65.5 Å². The largest absolute Gasteiger partial charge is 0.165 e. The van der Waals surface area contributed by atoms with Crippen LogP contribution in [0.4, 0.5) is 3.89 Å². The van der Waals surface area contributed by atoms with Crippen LogP contribution in [-0.4, -0.2) is 5.75 Å². The fraction of sp³-hybridized carbons (Fsp3) is 0.250. The maximum absolute atomic E-state index is 11.4. The van der Waals surface area contributed by atoms with E-state index >= 15 is 0 Å². The van der Waals surface area contributed by atoms with E-state index < -0.39 is 0 Å². The van der Waals surface area contributed by atoms with Crippen molar-refractivity contribution in [3.05, 3.63) is 23.8 Å². The minimum atomic E-state index is 0.296. The molecule has 54 valence electrons. The fourth-order valence-corrected chi connectivity index (χ4v) is 0.619. The average Bonchev–Trinajstić information content (AvgIpc) is 1.89. The van der Waals surface area contributed by atoms with Gasteiger partial charge >= 0.3 is 0 Å². The molecule has 0 aromatic heterocycles. The normalized spacial score (nSPS) is 11.9. The van der Waals surface area contributed by atoms with E-state index in [1.807, 2.05) is 6.92 Å². The van der Waals surface area contributed by atoms with Gasteiger partial charge in [-0.15, -0.1) is 6.42 Å². The van der Waals surface area contributed by atoms with Crippen LogP contribution in [0.15, 0.2) is 23.8 Å². The molecule has 0 heterocycles. The van der Waals surface area contributed by atoms with Crippen molar-refractivity contribution in [1.82, 2.24) is 0 Å². The molecule has 0 nitrogen and oxygen atoms in total. The Balaban J connectivity index is 3.68. The number of hydrogen-bond acceptors (Lipinski definition) is 1. The molecule has 0 aliphatic carbocycles. The summed E-state index contributed by atoms with van der Waals surface area (Å²) in [5.41, 5.74) is 0.969. The molecule has 0 unspecified atom stereocenters. The van der Waals surface area contributed by atoms with Gasteiger partial charge in [0, 0.05) is 17.9 Å². The van der Waals surface area contributed by atoms with Gasteiger partial charge < -0.3 is 0 Å². The molecule has 0 N–H and O–H groups in total. The van der Waals surface area contributed by atoms with Crippen LogP contribution in [-0.2, 0) is 0 Å². The molecule has 0 aromatic carbocycles. The highest BCUT2D eigenvalue weighted by Crippen LogP contribution is 2.01. The quantitative estimate of drug-likeness (QED) is 0.447. The first-order valence-corrected chi connectivity index (χ1v) is 3.73. The number of hydrogen-bond donors (Lipinski definition) is 0. The summed E-state index contributed by atoms with van der Waals surface area (Å²) in [6, 6.07) is 0. The van der Waals surface area contributed by atoms with Gasteiger partial charge in [0.05, 0.1) is 0 Å². The summed E-state index contributed by atoms with van der Waals surface area (Å²) in [5.74, 6) is 2.77. The third-order valence-corrected chi connectivity index (χ3v) is 1.17. The predicted molar refractivity (Wildman–Crippen MR) is 45.3 cm³/mol. The Morgan fingerprint density at radius 1 is 1.80 bits per heavy atom. The van der Waals surface area contributed by atoms with Crippen LogP contribution in [0.25, 0.3) is 0 Å². The van der Waals surface area contributed by atoms with Crippen molar-refractivity contribution in [2.45, 2.75) is 6.92 Å². The first kappa shape index (κ1) is 9.32. The molecular weight excluding hydrogens is 147 g/mol. The van der Waals surface area contributed by atoms with Crippen molar-refractivity contribution in [3.8, 4) is 12.3 Å². The molecule has 0 aliphatic heterocycles. The lowest BCUT2D eigenvalue weighted by molar-refractivity contribution is 0.940. The zero-order valence-corrected chi connectivity index (χ0v) is 6.62. The summed E-state index contributed by atoms with van der Waals surface area (Å²) >= 11 is 0.296. The van der Waals surface area contributed by atoms with Gasteiger partial charge in [0.1, 0.15) is 0 Å². The summed E-state index contributed by atoms with van der Waals surface area (Å²) in [6.45, 7) is 1.87. The summed E-state index contributed by atoms with van der Waals surface area (Å²) < 4.78 is 11.4. The van der Waals surface area contributed by atoms with Crippen LogP contribution in [0, 0.1) is 12.3 Å². The van der Waals surface area contributed by atoms with Crippen molar-refractivity contribution in [3.63, 3.8) is 0 Å². The minimum absolute atomic E-state index is 0.296. The van der Waals surface area contributed by atoms with Gasteiger partial charge in [0.2, 0.25) is 0 Å². The number of allylic oxidation sites excluding steroid dienone is 3. The van der Waals surface area contributed by atoms with Crippen LogP contribution in [0.1, 0.15) is 6.92 Å². The van der Waals surface area contributed by atoms with Crippen LogP contribution < -0.4 is 0 Å². The Hall–Kier alpha value is -0.680. The zero-order chi connectivity index (χ0) is 7.82. The van der Waals surface area contributed by atoms with Gasteiger partial charge in [-0.1, -0.05) is 18.1 Å². The second kappa shape index (κ2) is 6.44. The Bertz CT molecular complexity index is 174. The van der Waals surface area contributed by atoms with Crippen molar-refractivity contribution in [2.24, 2.45) is 0 Å². The molecular formula is C8H9FS. The Morgan fingerprint density at radius 3 is 3.00 bits per heavy atom. The molecule has 10 heavy (non-hydrogen) atoms. The van der Waals surface area contributed by atoms with Crippen molar-refractivity contribution in [1.29, 1.82) is 0 Å². The highest BCUT2D eigenvalue weighted by atomic mass is 32.2. The molecule has 0 saturated carbocycles. The highest BCUT2D eigenvalue weighted by Gasteiger charge is 1.78. The second-order valence-electron chi connectivity index (χ2n) is 1.73. The molecule has 0 fully saturated rings. The summed E-state index contributed by atoms with van der Waals surface area (Å²) in [6.07, 6.45) is 10.2. The molecule has 0 rings (SSSR count). The van der Waals surface area contributed by atoms with Gasteiger partial charge in [-0.25, -0.2) is 0 Å². The number of terminal acetylenes is 1. The Kier molecular flexibility index (Phi) is 6.00. The van der Waals surface area contributed by atoms with E-state index in [9.17, 15) is 3.89 Å². The molecule has 2 heteroatoms. The first-order valence-electron chi connectivity index (χ1n) is 2.84. The average molecular weight is 156 g/mol. The van der Waals surface area contributed by atoms with Crippen molar-refractivity contribution in [2.75, 3.05) is 5.75 Å². The first-order chi connectivity index (χ1) is 4.81.